The Kier molecular flexibility index (Phi) is 5.57. The molecule has 182 valence electrons. The van der Waals surface area contributed by atoms with Gasteiger partial charge in [-0.25, -0.2) is 35.1 Å². The van der Waals surface area contributed by atoms with Crippen LogP contribution in [0.5, 0.6) is 0 Å². The van der Waals surface area contributed by atoms with Gasteiger partial charge in [0.25, 0.3) is 11.8 Å². The molecule has 0 saturated carbocycles. The molecule has 0 atom stereocenters. The van der Waals surface area contributed by atoms with Gasteiger partial charge < -0.3 is 0 Å². The fourth-order valence-electron chi connectivity index (χ4n) is 3.17. The summed E-state index contributed by atoms with van der Waals surface area (Å²) >= 11 is 0. The Bertz CT molecular complexity index is 1340. The molecule has 5 nitrogen and oxygen atoms in total. The van der Waals surface area contributed by atoms with Crippen LogP contribution in [0, 0.1) is 46.5 Å². The average Bonchev–Trinajstić information content (AvgIpc) is 3.11. The van der Waals surface area contributed by atoms with Crippen LogP contribution in [0.3, 0.4) is 0 Å². The summed E-state index contributed by atoms with van der Waals surface area (Å²) in [5.74, 6) is -20.8. The lowest BCUT2D eigenvalue weighted by atomic mass is 10.1. The Morgan fingerprint density at radius 3 is 1.17 bits per heavy atom. The molecule has 3 aromatic rings. The zero-order valence-corrected chi connectivity index (χ0v) is 16.3. The maximum Gasteiger partial charge on any atom is 0.259 e. The first-order chi connectivity index (χ1) is 16.3. The lowest BCUT2D eigenvalue weighted by molar-refractivity contribution is 0.0879. The van der Waals surface area contributed by atoms with E-state index >= 15 is 8.96 Å². The van der Waals surface area contributed by atoms with Crippen molar-refractivity contribution >= 4 is 34.6 Å². The molecule has 1 aliphatic heterocycles. The van der Waals surface area contributed by atoms with Crippen LogP contribution in [0.25, 0.3) is 0 Å². The van der Waals surface area contributed by atoms with Gasteiger partial charge in [0.1, 0.15) is 22.7 Å². The zero-order valence-electron chi connectivity index (χ0n) is 16.3. The van der Waals surface area contributed by atoms with E-state index in [9.17, 15) is 44.7 Å². The molecule has 4 rings (SSSR count). The van der Waals surface area contributed by atoms with Crippen molar-refractivity contribution in [3.8, 4) is 0 Å². The summed E-state index contributed by atoms with van der Waals surface area (Å²) in [7, 11) is 0. The molecule has 35 heavy (non-hydrogen) atoms. The van der Waals surface area contributed by atoms with Crippen molar-refractivity contribution in [3.63, 3.8) is 0 Å². The standard InChI is InChI=1S/C20H5F10N3O2/c21-7-3-11(15(25)17(27)13(7)23)32(29)9-1-5-6(20(35)31-19(5)34)2-10(9)33(30)12-4-8(22)14(24)18(28)16(12)26/h1-4H,(H,31,34,35). The molecule has 0 saturated heterocycles. The highest BCUT2D eigenvalue weighted by molar-refractivity contribution is 6.22. The van der Waals surface area contributed by atoms with Gasteiger partial charge in [-0.15, -0.1) is 0 Å². The van der Waals surface area contributed by atoms with Crippen molar-refractivity contribution in [1.29, 1.82) is 0 Å². The number of benzene rings is 3. The normalized spacial score (nSPS) is 12.6. The number of anilines is 4. The highest BCUT2D eigenvalue weighted by atomic mass is 19.2. The van der Waals surface area contributed by atoms with Gasteiger partial charge in [0.05, 0.1) is 11.1 Å². The molecule has 1 heterocycles. The first-order valence-corrected chi connectivity index (χ1v) is 8.96. The molecule has 0 fully saturated rings. The summed E-state index contributed by atoms with van der Waals surface area (Å²) in [6.45, 7) is 0. The maximum absolute atomic E-state index is 15.2. The van der Waals surface area contributed by atoms with Gasteiger partial charge in [0, 0.05) is 12.1 Å². The number of carbonyl (C=O) groups is 2. The van der Waals surface area contributed by atoms with E-state index in [4.69, 9.17) is 0 Å². The minimum atomic E-state index is -2.48. The van der Waals surface area contributed by atoms with E-state index in [2.05, 4.69) is 0 Å². The van der Waals surface area contributed by atoms with E-state index in [0.717, 1.165) is 0 Å². The monoisotopic (exact) mass is 509 g/mol. The predicted molar refractivity (Wildman–Crippen MR) is 97.3 cm³/mol. The number of carbonyl (C=O) groups excluding carboxylic acids is 2. The van der Waals surface area contributed by atoms with Crippen molar-refractivity contribution in [2.24, 2.45) is 0 Å². The second-order valence-corrected chi connectivity index (χ2v) is 6.87. The molecule has 0 aliphatic carbocycles. The molecule has 0 aromatic heterocycles. The minimum Gasteiger partial charge on any atom is -0.288 e. The summed E-state index contributed by atoms with van der Waals surface area (Å²) in [5.41, 5.74) is -7.51. The third-order valence-electron chi connectivity index (χ3n) is 4.84. The van der Waals surface area contributed by atoms with E-state index < -0.39 is 102 Å². The van der Waals surface area contributed by atoms with E-state index in [0.29, 0.717) is 12.1 Å². The summed E-state index contributed by atoms with van der Waals surface area (Å²) in [6, 6.07) is 0.307. The first-order valence-electron chi connectivity index (χ1n) is 8.96. The number of nitrogens with one attached hydrogen (secondary N) is 1. The molecule has 0 bridgehead atoms. The molecule has 1 N–H and O–H groups in total. The highest BCUT2D eigenvalue weighted by Crippen LogP contribution is 2.43. The highest BCUT2D eigenvalue weighted by Gasteiger charge is 2.35. The number of hydrogen-bond donors (Lipinski definition) is 1. The van der Waals surface area contributed by atoms with Crippen LogP contribution in [0.15, 0.2) is 24.3 Å². The van der Waals surface area contributed by atoms with Crippen LogP contribution in [0.2, 0.25) is 0 Å². The molecule has 2 amide bonds. The Labute approximate surface area is 186 Å². The van der Waals surface area contributed by atoms with Gasteiger partial charge in [-0.2, -0.15) is 10.2 Å². The number of rotatable bonds is 4. The third kappa shape index (κ3) is 3.59. The van der Waals surface area contributed by atoms with Crippen molar-refractivity contribution in [2.75, 3.05) is 10.2 Å². The van der Waals surface area contributed by atoms with Crippen LogP contribution in [0.1, 0.15) is 20.7 Å². The summed E-state index contributed by atoms with van der Waals surface area (Å²) in [4.78, 5) is 23.8. The number of hydrogen-bond acceptors (Lipinski definition) is 4. The Morgan fingerprint density at radius 2 is 0.829 bits per heavy atom. The maximum atomic E-state index is 15.2. The zero-order chi connectivity index (χ0) is 25.9. The van der Waals surface area contributed by atoms with Gasteiger partial charge in [-0.3, -0.25) is 14.9 Å². The lowest BCUT2D eigenvalue weighted by Crippen LogP contribution is -2.19. The molecule has 0 radical (unpaired) electrons. The van der Waals surface area contributed by atoms with Crippen LogP contribution < -0.4 is 15.6 Å². The van der Waals surface area contributed by atoms with Crippen LogP contribution in [-0.4, -0.2) is 11.8 Å². The molecular weight excluding hydrogens is 504 g/mol. The Morgan fingerprint density at radius 1 is 0.486 bits per heavy atom. The van der Waals surface area contributed by atoms with Crippen molar-refractivity contribution in [2.45, 2.75) is 0 Å². The molecular formula is C20H5F10N3O2. The molecule has 3 aromatic carbocycles. The first kappa shape index (κ1) is 23.8. The van der Waals surface area contributed by atoms with Gasteiger partial charge in [-0.05, 0) is 12.1 Å². The summed E-state index contributed by atoms with van der Waals surface area (Å²) in [6.07, 6.45) is 0. The van der Waals surface area contributed by atoms with Gasteiger partial charge >= 0.3 is 0 Å². The summed E-state index contributed by atoms with van der Waals surface area (Å²) in [5, 5.41) is -0.292. The van der Waals surface area contributed by atoms with E-state index in [-0.39, 0.29) is 12.1 Å². The number of nitrogens with zero attached hydrogens (tertiary/aromatic N) is 2. The van der Waals surface area contributed by atoms with E-state index in [1.807, 2.05) is 0 Å². The van der Waals surface area contributed by atoms with Crippen molar-refractivity contribution in [3.05, 3.63) is 81.9 Å². The number of amides is 2. The Balaban J connectivity index is 1.98. The van der Waals surface area contributed by atoms with Gasteiger partial charge in [-0.1, -0.05) is 8.96 Å². The molecule has 0 spiro atoms. The third-order valence-corrected chi connectivity index (χ3v) is 4.84. The second kappa shape index (κ2) is 8.18. The van der Waals surface area contributed by atoms with Crippen molar-refractivity contribution in [1.82, 2.24) is 5.32 Å². The smallest absolute Gasteiger partial charge is 0.259 e. The van der Waals surface area contributed by atoms with E-state index in [1.165, 1.54) is 0 Å². The van der Waals surface area contributed by atoms with Crippen LogP contribution >= 0.6 is 0 Å². The molecule has 15 heteroatoms. The number of imide groups is 1. The minimum absolute atomic E-state index is 0.198. The van der Waals surface area contributed by atoms with Gasteiger partial charge in [0.15, 0.2) is 46.5 Å². The lowest BCUT2D eigenvalue weighted by Gasteiger charge is -2.23. The largest absolute Gasteiger partial charge is 0.288 e. The average molecular weight is 509 g/mol. The van der Waals surface area contributed by atoms with Crippen LogP contribution in [-0.2, 0) is 0 Å². The van der Waals surface area contributed by atoms with Crippen LogP contribution in [0.4, 0.5) is 66.8 Å². The second-order valence-electron chi connectivity index (χ2n) is 6.87. The van der Waals surface area contributed by atoms with E-state index in [1.54, 1.807) is 5.32 Å². The predicted octanol–water partition coefficient (Wildman–Crippen LogP) is 5.73. The topological polar surface area (TPSA) is 52.7 Å². The number of fused-ring (bicyclic) bond motifs is 1. The SMILES string of the molecule is O=C1NC(=O)c2cc(N(F)c3cc(F)c(F)c(F)c3F)c(N(F)c3cc(F)c(F)c(F)c3F)cc21. The fraction of sp³-hybridized carbons (Fsp3) is 0. The van der Waals surface area contributed by atoms with Crippen molar-refractivity contribution < 1.29 is 53.7 Å². The quantitative estimate of drug-likeness (QED) is 0.161. The van der Waals surface area contributed by atoms with Gasteiger partial charge in [0.2, 0.25) is 0 Å². The molecule has 1 aliphatic rings. The Hall–Kier alpha value is -4.30. The fourth-order valence-corrected chi connectivity index (χ4v) is 3.17. The molecule has 0 unspecified atom stereocenters. The number of halogens is 10. The summed E-state index contributed by atoms with van der Waals surface area (Å²) < 4.78 is 140.